The van der Waals surface area contributed by atoms with Gasteiger partial charge >= 0.3 is 5.69 Å². The molecule has 0 spiro atoms. The molecule has 4 rings (SSSR count). The molecule has 0 unspecified atom stereocenters. The fraction of sp³-hybridized carbons (Fsp3) is 0.320. The summed E-state index contributed by atoms with van der Waals surface area (Å²) >= 11 is 0. The lowest BCUT2D eigenvalue weighted by molar-refractivity contribution is -0.121. The second kappa shape index (κ2) is 9.26. The fourth-order valence-electron chi connectivity index (χ4n) is 4.18. The predicted molar refractivity (Wildman–Crippen MR) is 126 cm³/mol. The number of nitrogens with zero attached hydrogens (tertiary/aromatic N) is 4. The summed E-state index contributed by atoms with van der Waals surface area (Å²) in [6, 6.07) is 17.9. The molecule has 1 amide bonds. The van der Waals surface area contributed by atoms with E-state index in [9.17, 15) is 9.59 Å². The second-order valence-electron chi connectivity index (χ2n) is 7.99. The molecule has 7 nitrogen and oxygen atoms in total. The van der Waals surface area contributed by atoms with Crippen LogP contribution in [-0.2, 0) is 31.0 Å². The average molecular weight is 432 g/mol. The van der Waals surface area contributed by atoms with Crippen LogP contribution in [0.25, 0.3) is 11.0 Å². The Morgan fingerprint density at radius 3 is 2.31 bits per heavy atom. The molecule has 0 atom stereocenters. The number of carbonyl (C=O) groups is 1. The van der Waals surface area contributed by atoms with Crippen molar-refractivity contribution in [2.45, 2.75) is 53.4 Å². The van der Waals surface area contributed by atoms with Gasteiger partial charge in [0.1, 0.15) is 0 Å². The van der Waals surface area contributed by atoms with Crippen LogP contribution < -0.4 is 11.0 Å². The van der Waals surface area contributed by atoms with Gasteiger partial charge in [-0.15, -0.1) is 0 Å². The zero-order valence-corrected chi connectivity index (χ0v) is 18.8. The van der Waals surface area contributed by atoms with Gasteiger partial charge in [0, 0.05) is 37.3 Å². The number of amides is 1. The zero-order chi connectivity index (χ0) is 22.7. The number of aryl methyl sites for hydroxylation is 3. The SMILES string of the molecule is CCn1c(=O)n(CCC(=O)NCc2c(C)nn(Cc3ccccc3)c2C)c2ccccc21. The van der Waals surface area contributed by atoms with Gasteiger partial charge in [0.2, 0.25) is 5.91 Å². The maximum absolute atomic E-state index is 12.7. The van der Waals surface area contributed by atoms with Gasteiger partial charge in [-0.2, -0.15) is 5.10 Å². The van der Waals surface area contributed by atoms with E-state index in [1.165, 1.54) is 5.56 Å². The van der Waals surface area contributed by atoms with E-state index in [0.717, 1.165) is 28.0 Å². The molecule has 1 N–H and O–H groups in total. The Kier molecular flexibility index (Phi) is 6.25. The van der Waals surface area contributed by atoms with E-state index in [4.69, 9.17) is 0 Å². The molecular formula is C25H29N5O2. The highest BCUT2D eigenvalue weighted by Crippen LogP contribution is 2.15. The molecule has 0 radical (unpaired) electrons. The van der Waals surface area contributed by atoms with Gasteiger partial charge in [-0.3, -0.25) is 18.6 Å². The normalized spacial score (nSPS) is 11.2. The summed E-state index contributed by atoms with van der Waals surface area (Å²) in [5, 5.41) is 7.65. The molecule has 4 aromatic rings. The van der Waals surface area contributed by atoms with Crippen LogP contribution in [0, 0.1) is 13.8 Å². The molecule has 2 aromatic carbocycles. The van der Waals surface area contributed by atoms with Crippen molar-refractivity contribution < 1.29 is 4.79 Å². The van der Waals surface area contributed by atoms with E-state index in [2.05, 4.69) is 22.5 Å². The molecule has 166 valence electrons. The van der Waals surface area contributed by atoms with E-state index in [1.54, 1.807) is 9.13 Å². The Morgan fingerprint density at radius 2 is 1.62 bits per heavy atom. The number of nitrogens with one attached hydrogen (secondary N) is 1. The molecule has 0 aliphatic heterocycles. The van der Waals surface area contributed by atoms with Crippen molar-refractivity contribution in [3.63, 3.8) is 0 Å². The Bertz CT molecular complexity index is 1300. The summed E-state index contributed by atoms with van der Waals surface area (Å²) in [5.74, 6) is -0.0835. The molecule has 32 heavy (non-hydrogen) atoms. The quantitative estimate of drug-likeness (QED) is 0.465. The van der Waals surface area contributed by atoms with Gasteiger partial charge in [0.15, 0.2) is 0 Å². The summed E-state index contributed by atoms with van der Waals surface area (Å²) < 4.78 is 5.40. The number of hydrogen-bond acceptors (Lipinski definition) is 3. The maximum atomic E-state index is 12.7. The van der Waals surface area contributed by atoms with Crippen LogP contribution in [0.15, 0.2) is 59.4 Å². The lowest BCUT2D eigenvalue weighted by Crippen LogP contribution is -2.28. The first-order chi connectivity index (χ1) is 15.5. The first kappa shape index (κ1) is 21.6. The van der Waals surface area contributed by atoms with Crippen molar-refractivity contribution in [3.8, 4) is 0 Å². The number of imidazole rings is 1. The van der Waals surface area contributed by atoms with Crippen molar-refractivity contribution in [3.05, 3.63) is 87.6 Å². The minimum atomic E-state index is -0.0835. The predicted octanol–water partition coefficient (Wildman–Crippen LogP) is 3.39. The minimum absolute atomic E-state index is 0.0737. The van der Waals surface area contributed by atoms with Crippen LogP contribution in [0.3, 0.4) is 0 Å². The van der Waals surface area contributed by atoms with Crippen LogP contribution in [-0.4, -0.2) is 24.8 Å². The molecule has 7 heteroatoms. The molecule has 0 aliphatic rings. The molecule has 0 fully saturated rings. The fourth-order valence-corrected chi connectivity index (χ4v) is 4.18. The van der Waals surface area contributed by atoms with Crippen molar-refractivity contribution in [1.29, 1.82) is 0 Å². The third-order valence-corrected chi connectivity index (χ3v) is 5.97. The lowest BCUT2D eigenvalue weighted by atomic mass is 10.2. The summed E-state index contributed by atoms with van der Waals surface area (Å²) in [7, 11) is 0. The molecule has 0 saturated heterocycles. The molecule has 2 heterocycles. The van der Waals surface area contributed by atoms with Gasteiger partial charge in [-0.25, -0.2) is 4.79 Å². The Morgan fingerprint density at radius 1 is 0.969 bits per heavy atom. The zero-order valence-electron chi connectivity index (χ0n) is 18.8. The minimum Gasteiger partial charge on any atom is -0.352 e. The van der Waals surface area contributed by atoms with Gasteiger partial charge in [0.25, 0.3) is 0 Å². The van der Waals surface area contributed by atoms with Crippen LogP contribution in [0.4, 0.5) is 0 Å². The third-order valence-electron chi connectivity index (χ3n) is 5.97. The number of hydrogen-bond donors (Lipinski definition) is 1. The Hall–Kier alpha value is -3.61. The molecule has 0 saturated carbocycles. The van der Waals surface area contributed by atoms with E-state index < -0.39 is 0 Å². The van der Waals surface area contributed by atoms with E-state index in [1.807, 2.05) is 67.9 Å². The number of benzene rings is 2. The average Bonchev–Trinajstić information content (AvgIpc) is 3.22. The number of para-hydroxylation sites is 2. The number of carbonyl (C=O) groups excluding carboxylic acids is 1. The topological polar surface area (TPSA) is 73.8 Å². The monoisotopic (exact) mass is 431 g/mol. The van der Waals surface area contributed by atoms with Crippen LogP contribution >= 0.6 is 0 Å². The highest BCUT2D eigenvalue weighted by atomic mass is 16.2. The van der Waals surface area contributed by atoms with Gasteiger partial charge in [0.05, 0.1) is 23.3 Å². The van der Waals surface area contributed by atoms with E-state index >= 15 is 0 Å². The van der Waals surface area contributed by atoms with Crippen LogP contribution in [0.5, 0.6) is 0 Å². The Labute approximate surface area is 187 Å². The van der Waals surface area contributed by atoms with Crippen molar-refractivity contribution in [1.82, 2.24) is 24.2 Å². The van der Waals surface area contributed by atoms with Crippen LogP contribution in [0.2, 0.25) is 0 Å². The number of aromatic nitrogens is 4. The van der Waals surface area contributed by atoms with Crippen molar-refractivity contribution >= 4 is 16.9 Å². The first-order valence-corrected chi connectivity index (χ1v) is 11.0. The molecule has 0 aliphatic carbocycles. The smallest absolute Gasteiger partial charge is 0.329 e. The van der Waals surface area contributed by atoms with E-state index in [-0.39, 0.29) is 18.0 Å². The summed E-state index contributed by atoms with van der Waals surface area (Å²) in [6.45, 7) is 8.03. The first-order valence-electron chi connectivity index (χ1n) is 11.0. The number of fused-ring (bicyclic) bond motifs is 1. The van der Waals surface area contributed by atoms with Gasteiger partial charge in [-0.05, 0) is 38.5 Å². The highest BCUT2D eigenvalue weighted by Gasteiger charge is 2.15. The molecule has 0 bridgehead atoms. The standard InChI is InChI=1S/C25H29N5O2/c1-4-28-22-12-8-9-13-23(22)29(25(28)32)15-14-24(31)26-16-21-18(2)27-30(19(21)3)17-20-10-6-5-7-11-20/h5-13H,4,14-17H2,1-3H3,(H,26,31). The van der Waals surface area contributed by atoms with Crippen molar-refractivity contribution in [2.75, 3.05) is 0 Å². The second-order valence-corrected chi connectivity index (χ2v) is 7.99. The van der Waals surface area contributed by atoms with Crippen LogP contribution in [0.1, 0.15) is 35.9 Å². The summed E-state index contributed by atoms with van der Waals surface area (Å²) in [6.07, 6.45) is 0.244. The van der Waals surface area contributed by atoms with Gasteiger partial charge in [-0.1, -0.05) is 42.5 Å². The van der Waals surface area contributed by atoms with Crippen molar-refractivity contribution in [2.24, 2.45) is 0 Å². The third kappa shape index (κ3) is 4.23. The molecule has 2 aromatic heterocycles. The highest BCUT2D eigenvalue weighted by molar-refractivity contribution is 5.78. The largest absolute Gasteiger partial charge is 0.352 e. The molecular weight excluding hydrogens is 402 g/mol. The summed E-state index contributed by atoms with van der Waals surface area (Å²) in [5.41, 5.74) is 5.88. The van der Waals surface area contributed by atoms with E-state index in [0.29, 0.717) is 26.2 Å². The maximum Gasteiger partial charge on any atom is 0.329 e. The van der Waals surface area contributed by atoms with Gasteiger partial charge < -0.3 is 5.32 Å². The Balaban J connectivity index is 1.41. The lowest BCUT2D eigenvalue weighted by Gasteiger charge is -2.08. The number of rotatable bonds is 8. The summed E-state index contributed by atoms with van der Waals surface area (Å²) in [4.78, 5) is 25.3.